The van der Waals surface area contributed by atoms with E-state index < -0.39 is 5.54 Å². The van der Waals surface area contributed by atoms with E-state index in [1.54, 1.807) is 14.2 Å². The third-order valence-electron chi connectivity index (χ3n) is 3.80. The zero-order chi connectivity index (χ0) is 14.6. The molecule has 1 fully saturated rings. The van der Waals surface area contributed by atoms with Crippen molar-refractivity contribution in [2.24, 2.45) is 0 Å². The van der Waals surface area contributed by atoms with Crippen molar-refractivity contribution in [2.45, 2.75) is 31.8 Å². The second-order valence-corrected chi connectivity index (χ2v) is 5.22. The zero-order valence-electron chi connectivity index (χ0n) is 12.3. The second kappa shape index (κ2) is 6.13. The normalized spacial score (nSPS) is 21.6. The average molecular weight is 278 g/mol. The first-order chi connectivity index (χ1) is 9.59. The maximum absolute atomic E-state index is 12.2. The summed E-state index contributed by atoms with van der Waals surface area (Å²) in [6.07, 6.45) is 1.91. The van der Waals surface area contributed by atoms with Gasteiger partial charge < -0.3 is 20.1 Å². The van der Waals surface area contributed by atoms with Crippen LogP contribution in [-0.2, 0) is 11.3 Å². The van der Waals surface area contributed by atoms with Crippen LogP contribution in [0.1, 0.15) is 25.3 Å². The summed E-state index contributed by atoms with van der Waals surface area (Å²) in [6.45, 7) is 3.29. The Morgan fingerprint density at radius 2 is 2.20 bits per heavy atom. The molecule has 0 saturated carbocycles. The van der Waals surface area contributed by atoms with Gasteiger partial charge in [-0.05, 0) is 38.4 Å². The van der Waals surface area contributed by atoms with Crippen LogP contribution in [0, 0.1) is 0 Å². The molecule has 5 heteroatoms. The Morgan fingerprint density at radius 1 is 1.40 bits per heavy atom. The van der Waals surface area contributed by atoms with Gasteiger partial charge in [-0.3, -0.25) is 4.79 Å². The lowest BCUT2D eigenvalue weighted by atomic mass is 9.99. The highest BCUT2D eigenvalue weighted by Crippen LogP contribution is 2.25. The van der Waals surface area contributed by atoms with Crippen molar-refractivity contribution in [1.82, 2.24) is 10.6 Å². The number of carbonyl (C=O) groups is 1. The Balaban J connectivity index is 2.01. The van der Waals surface area contributed by atoms with Gasteiger partial charge in [-0.2, -0.15) is 0 Å². The van der Waals surface area contributed by atoms with Crippen LogP contribution in [0.15, 0.2) is 18.2 Å². The fourth-order valence-corrected chi connectivity index (χ4v) is 2.46. The molecular weight excluding hydrogens is 256 g/mol. The topological polar surface area (TPSA) is 59.6 Å². The predicted octanol–water partition coefficient (Wildman–Crippen LogP) is 1.46. The minimum Gasteiger partial charge on any atom is -0.497 e. The number of methoxy groups -OCH3 is 2. The molecule has 110 valence electrons. The van der Waals surface area contributed by atoms with Crippen LogP contribution in [-0.4, -0.2) is 32.2 Å². The van der Waals surface area contributed by atoms with E-state index >= 15 is 0 Å². The van der Waals surface area contributed by atoms with Crippen molar-refractivity contribution in [3.8, 4) is 11.5 Å². The lowest BCUT2D eigenvalue weighted by Crippen LogP contribution is -2.50. The molecule has 0 aromatic heterocycles. The smallest absolute Gasteiger partial charge is 0.240 e. The highest BCUT2D eigenvalue weighted by molar-refractivity contribution is 5.86. The maximum atomic E-state index is 12.2. The molecule has 0 spiro atoms. The number of ether oxygens (including phenoxy) is 2. The first-order valence-electron chi connectivity index (χ1n) is 6.83. The summed E-state index contributed by atoms with van der Waals surface area (Å²) in [5, 5.41) is 6.22. The molecular formula is C15H22N2O3. The monoisotopic (exact) mass is 278 g/mol. The van der Waals surface area contributed by atoms with E-state index in [1.807, 2.05) is 25.1 Å². The summed E-state index contributed by atoms with van der Waals surface area (Å²) >= 11 is 0. The summed E-state index contributed by atoms with van der Waals surface area (Å²) in [5.41, 5.74) is 0.489. The Bertz CT molecular complexity index is 482. The van der Waals surface area contributed by atoms with E-state index in [2.05, 4.69) is 10.6 Å². The van der Waals surface area contributed by atoms with Crippen LogP contribution >= 0.6 is 0 Å². The van der Waals surface area contributed by atoms with Gasteiger partial charge in [0, 0.05) is 18.2 Å². The lowest BCUT2D eigenvalue weighted by molar-refractivity contribution is -0.126. The van der Waals surface area contributed by atoms with E-state index in [1.165, 1.54) is 0 Å². The van der Waals surface area contributed by atoms with Crippen LogP contribution in [0.5, 0.6) is 11.5 Å². The number of benzene rings is 1. The first-order valence-corrected chi connectivity index (χ1v) is 6.83. The van der Waals surface area contributed by atoms with Gasteiger partial charge in [0.25, 0.3) is 0 Å². The molecule has 1 aromatic carbocycles. The largest absolute Gasteiger partial charge is 0.497 e. The number of amides is 1. The highest BCUT2D eigenvalue weighted by Gasteiger charge is 2.35. The molecule has 1 aliphatic heterocycles. The third-order valence-corrected chi connectivity index (χ3v) is 3.80. The minimum atomic E-state index is -0.445. The van der Waals surface area contributed by atoms with Gasteiger partial charge in [-0.25, -0.2) is 0 Å². The molecule has 1 unspecified atom stereocenters. The SMILES string of the molecule is COc1ccc(CNC(=O)C2(C)CCCN2)c(OC)c1. The van der Waals surface area contributed by atoms with Crippen molar-refractivity contribution in [3.05, 3.63) is 23.8 Å². The van der Waals surface area contributed by atoms with Crippen molar-refractivity contribution in [3.63, 3.8) is 0 Å². The summed E-state index contributed by atoms with van der Waals surface area (Å²) in [5.74, 6) is 1.49. The summed E-state index contributed by atoms with van der Waals surface area (Å²) in [6, 6.07) is 5.58. The van der Waals surface area contributed by atoms with Crippen molar-refractivity contribution in [2.75, 3.05) is 20.8 Å². The minimum absolute atomic E-state index is 0.0351. The van der Waals surface area contributed by atoms with E-state index in [-0.39, 0.29) is 5.91 Å². The zero-order valence-corrected chi connectivity index (χ0v) is 12.3. The molecule has 0 radical (unpaired) electrons. The van der Waals surface area contributed by atoms with E-state index in [4.69, 9.17) is 9.47 Å². The molecule has 0 bridgehead atoms. The number of nitrogens with one attached hydrogen (secondary N) is 2. The lowest BCUT2D eigenvalue weighted by Gasteiger charge is -2.23. The Kier molecular flexibility index (Phi) is 4.49. The predicted molar refractivity (Wildman–Crippen MR) is 77.0 cm³/mol. The fourth-order valence-electron chi connectivity index (χ4n) is 2.46. The van der Waals surface area contributed by atoms with Crippen LogP contribution in [0.4, 0.5) is 0 Å². The van der Waals surface area contributed by atoms with Gasteiger partial charge in [0.2, 0.25) is 5.91 Å². The molecule has 1 atom stereocenters. The average Bonchev–Trinajstić information content (AvgIpc) is 2.92. The Morgan fingerprint density at radius 3 is 2.80 bits per heavy atom. The van der Waals surface area contributed by atoms with E-state index in [9.17, 15) is 4.79 Å². The van der Waals surface area contributed by atoms with Crippen LogP contribution < -0.4 is 20.1 Å². The highest BCUT2D eigenvalue weighted by atomic mass is 16.5. The van der Waals surface area contributed by atoms with Gasteiger partial charge in [0.1, 0.15) is 11.5 Å². The van der Waals surface area contributed by atoms with Gasteiger partial charge >= 0.3 is 0 Å². The standard InChI is InChI=1S/C15H22N2O3/c1-15(7-4-8-17-15)14(18)16-10-11-5-6-12(19-2)9-13(11)20-3/h5-6,9,17H,4,7-8,10H2,1-3H3,(H,16,18). The number of hydrogen-bond acceptors (Lipinski definition) is 4. The third kappa shape index (κ3) is 3.04. The summed E-state index contributed by atoms with van der Waals surface area (Å²) < 4.78 is 10.5. The van der Waals surface area contributed by atoms with Crippen molar-refractivity contribution >= 4 is 5.91 Å². The first kappa shape index (κ1) is 14.7. The molecule has 2 N–H and O–H groups in total. The van der Waals surface area contributed by atoms with Crippen molar-refractivity contribution in [1.29, 1.82) is 0 Å². The number of hydrogen-bond donors (Lipinski definition) is 2. The summed E-state index contributed by atoms with van der Waals surface area (Å²) in [7, 11) is 3.22. The fraction of sp³-hybridized carbons (Fsp3) is 0.533. The van der Waals surface area contributed by atoms with E-state index in [0.717, 1.165) is 30.7 Å². The second-order valence-electron chi connectivity index (χ2n) is 5.22. The molecule has 0 aliphatic carbocycles. The van der Waals surface area contributed by atoms with Crippen LogP contribution in [0.3, 0.4) is 0 Å². The van der Waals surface area contributed by atoms with E-state index in [0.29, 0.717) is 12.3 Å². The maximum Gasteiger partial charge on any atom is 0.240 e. The van der Waals surface area contributed by atoms with Gasteiger partial charge in [-0.1, -0.05) is 0 Å². The van der Waals surface area contributed by atoms with Gasteiger partial charge in [-0.15, -0.1) is 0 Å². The molecule has 1 saturated heterocycles. The molecule has 1 aliphatic rings. The van der Waals surface area contributed by atoms with Crippen LogP contribution in [0.2, 0.25) is 0 Å². The molecule has 5 nitrogen and oxygen atoms in total. The molecule has 1 aromatic rings. The molecule has 1 amide bonds. The number of rotatable bonds is 5. The quantitative estimate of drug-likeness (QED) is 0.856. The summed E-state index contributed by atoms with van der Waals surface area (Å²) in [4.78, 5) is 12.2. The van der Waals surface area contributed by atoms with Crippen molar-refractivity contribution < 1.29 is 14.3 Å². The Labute approximate surface area is 119 Å². The molecule has 20 heavy (non-hydrogen) atoms. The van der Waals surface area contributed by atoms with Crippen LogP contribution in [0.25, 0.3) is 0 Å². The Hall–Kier alpha value is -1.75. The number of carbonyl (C=O) groups excluding carboxylic acids is 1. The molecule has 2 rings (SSSR count). The molecule has 1 heterocycles. The van der Waals surface area contributed by atoms with Gasteiger partial charge in [0.05, 0.1) is 19.8 Å². The van der Waals surface area contributed by atoms with Gasteiger partial charge in [0.15, 0.2) is 0 Å².